The van der Waals surface area contributed by atoms with Gasteiger partial charge in [-0.25, -0.2) is 14.1 Å². The molecular formula is C8H7FN4. The largest absolute Gasteiger partial charge is 0.381 e. The van der Waals surface area contributed by atoms with E-state index in [0.717, 1.165) is 0 Å². The molecule has 0 amide bonds. The minimum atomic E-state index is -0.534. The summed E-state index contributed by atoms with van der Waals surface area (Å²) in [5.74, 6) is -0.635. The number of rotatable bonds is 1. The molecule has 66 valence electrons. The van der Waals surface area contributed by atoms with E-state index < -0.39 is 5.82 Å². The lowest BCUT2D eigenvalue weighted by Gasteiger charge is -2.01. The number of pyridine rings is 1. The van der Waals surface area contributed by atoms with Crippen molar-refractivity contribution in [3.05, 3.63) is 36.5 Å². The molecule has 0 saturated heterocycles. The molecule has 2 aromatic rings. The van der Waals surface area contributed by atoms with Crippen LogP contribution in [0.15, 0.2) is 30.7 Å². The third-order valence-corrected chi connectivity index (χ3v) is 1.62. The van der Waals surface area contributed by atoms with E-state index in [1.165, 1.54) is 16.9 Å². The maximum Gasteiger partial charge on any atom is 0.167 e. The van der Waals surface area contributed by atoms with E-state index >= 15 is 0 Å². The fourth-order valence-electron chi connectivity index (χ4n) is 0.985. The maximum atomic E-state index is 12.9. The summed E-state index contributed by atoms with van der Waals surface area (Å²) in [6, 6.07) is 3.03. The van der Waals surface area contributed by atoms with E-state index in [2.05, 4.69) is 10.1 Å². The number of anilines is 1. The summed E-state index contributed by atoms with van der Waals surface area (Å²) in [7, 11) is 0. The van der Waals surface area contributed by atoms with E-state index in [-0.39, 0.29) is 5.82 Å². The molecule has 13 heavy (non-hydrogen) atoms. The Labute approximate surface area is 73.8 Å². The molecule has 0 atom stereocenters. The zero-order valence-electron chi connectivity index (χ0n) is 6.68. The van der Waals surface area contributed by atoms with Crippen molar-refractivity contribution < 1.29 is 4.39 Å². The number of nitrogen functional groups attached to an aromatic ring is 1. The van der Waals surface area contributed by atoms with Crippen LogP contribution in [0.5, 0.6) is 0 Å². The van der Waals surface area contributed by atoms with Crippen LogP contribution in [0.2, 0.25) is 0 Å². The van der Waals surface area contributed by atoms with E-state index in [1.807, 2.05) is 0 Å². The summed E-state index contributed by atoms with van der Waals surface area (Å²) < 4.78 is 14.5. The number of hydrogen-bond acceptors (Lipinski definition) is 3. The first-order valence-corrected chi connectivity index (χ1v) is 3.68. The smallest absolute Gasteiger partial charge is 0.167 e. The summed E-state index contributed by atoms with van der Waals surface area (Å²) >= 11 is 0. The zero-order valence-corrected chi connectivity index (χ0v) is 6.68. The Morgan fingerprint density at radius 3 is 2.92 bits per heavy atom. The van der Waals surface area contributed by atoms with Crippen LogP contribution in [0, 0.1) is 5.82 Å². The van der Waals surface area contributed by atoms with Gasteiger partial charge in [-0.3, -0.25) is 0 Å². The minimum absolute atomic E-state index is 0.101. The van der Waals surface area contributed by atoms with Crippen LogP contribution in [0.25, 0.3) is 5.69 Å². The normalized spacial score (nSPS) is 10.2. The molecule has 0 unspecified atom stereocenters. The van der Waals surface area contributed by atoms with Crippen molar-refractivity contribution in [1.29, 1.82) is 0 Å². The highest BCUT2D eigenvalue weighted by molar-refractivity contribution is 5.38. The van der Waals surface area contributed by atoms with Gasteiger partial charge in [-0.15, -0.1) is 0 Å². The Morgan fingerprint density at radius 2 is 2.31 bits per heavy atom. The van der Waals surface area contributed by atoms with Gasteiger partial charge in [0.2, 0.25) is 0 Å². The minimum Gasteiger partial charge on any atom is -0.381 e. The van der Waals surface area contributed by atoms with Gasteiger partial charge in [-0.05, 0) is 6.07 Å². The number of aromatic nitrogens is 3. The van der Waals surface area contributed by atoms with Crippen molar-refractivity contribution >= 4 is 5.82 Å². The summed E-state index contributed by atoms with van der Waals surface area (Å²) in [5, 5.41) is 3.93. The summed E-state index contributed by atoms with van der Waals surface area (Å²) in [6.45, 7) is 0. The Balaban J connectivity index is 2.49. The molecule has 5 heteroatoms. The Bertz CT molecular complexity index is 410. The number of hydrogen-bond donors (Lipinski definition) is 1. The molecule has 0 saturated carbocycles. The van der Waals surface area contributed by atoms with E-state index in [0.29, 0.717) is 5.69 Å². The highest BCUT2D eigenvalue weighted by Gasteiger charge is 2.02. The third-order valence-electron chi connectivity index (χ3n) is 1.62. The van der Waals surface area contributed by atoms with Gasteiger partial charge in [0.15, 0.2) is 11.6 Å². The fraction of sp³-hybridized carbons (Fsp3) is 0. The molecule has 2 N–H and O–H groups in total. The van der Waals surface area contributed by atoms with Crippen molar-refractivity contribution in [2.75, 3.05) is 5.73 Å². The lowest BCUT2D eigenvalue weighted by atomic mass is 10.4. The first kappa shape index (κ1) is 7.72. The van der Waals surface area contributed by atoms with Crippen LogP contribution in [0.3, 0.4) is 0 Å². The maximum absolute atomic E-state index is 12.9. The van der Waals surface area contributed by atoms with Crippen LogP contribution >= 0.6 is 0 Å². The van der Waals surface area contributed by atoms with Crippen molar-refractivity contribution in [2.24, 2.45) is 0 Å². The molecule has 0 spiro atoms. The summed E-state index contributed by atoms with van der Waals surface area (Å²) in [4.78, 5) is 3.68. The predicted octanol–water partition coefficient (Wildman–Crippen LogP) is 0.989. The van der Waals surface area contributed by atoms with Crippen molar-refractivity contribution in [3.8, 4) is 5.69 Å². The van der Waals surface area contributed by atoms with Crippen LogP contribution < -0.4 is 5.73 Å². The highest BCUT2D eigenvalue weighted by atomic mass is 19.1. The van der Waals surface area contributed by atoms with E-state index in [1.54, 1.807) is 18.5 Å². The molecule has 2 aromatic heterocycles. The van der Waals surface area contributed by atoms with Gasteiger partial charge in [0, 0.05) is 18.5 Å². The number of halogens is 1. The van der Waals surface area contributed by atoms with Crippen molar-refractivity contribution in [1.82, 2.24) is 14.8 Å². The van der Waals surface area contributed by atoms with Gasteiger partial charge < -0.3 is 5.73 Å². The van der Waals surface area contributed by atoms with Crippen LogP contribution in [-0.2, 0) is 0 Å². The second-order valence-electron chi connectivity index (χ2n) is 2.51. The first-order chi connectivity index (χ1) is 6.27. The molecule has 0 aliphatic rings. The zero-order chi connectivity index (χ0) is 9.26. The van der Waals surface area contributed by atoms with Crippen LogP contribution in [0.1, 0.15) is 0 Å². The van der Waals surface area contributed by atoms with Gasteiger partial charge in [-0.1, -0.05) is 0 Å². The Kier molecular flexibility index (Phi) is 1.70. The SMILES string of the molecule is Nc1ncc(-n2cccn2)cc1F. The van der Waals surface area contributed by atoms with Gasteiger partial charge in [0.05, 0.1) is 11.9 Å². The number of nitrogens with zero attached hydrogens (tertiary/aromatic N) is 3. The summed E-state index contributed by atoms with van der Waals surface area (Å²) in [5.41, 5.74) is 5.78. The molecule has 0 aromatic carbocycles. The Morgan fingerprint density at radius 1 is 1.46 bits per heavy atom. The van der Waals surface area contributed by atoms with Crippen molar-refractivity contribution in [3.63, 3.8) is 0 Å². The molecule has 0 fully saturated rings. The van der Waals surface area contributed by atoms with E-state index in [9.17, 15) is 4.39 Å². The van der Waals surface area contributed by atoms with Gasteiger partial charge in [0.1, 0.15) is 0 Å². The quantitative estimate of drug-likeness (QED) is 0.708. The van der Waals surface area contributed by atoms with Gasteiger partial charge in [-0.2, -0.15) is 5.10 Å². The van der Waals surface area contributed by atoms with E-state index in [4.69, 9.17) is 5.73 Å². The molecule has 0 bridgehead atoms. The monoisotopic (exact) mass is 178 g/mol. The topological polar surface area (TPSA) is 56.7 Å². The first-order valence-electron chi connectivity index (χ1n) is 3.68. The van der Waals surface area contributed by atoms with Gasteiger partial charge in [0.25, 0.3) is 0 Å². The van der Waals surface area contributed by atoms with Crippen molar-refractivity contribution in [2.45, 2.75) is 0 Å². The lowest BCUT2D eigenvalue weighted by molar-refractivity contribution is 0.624. The highest BCUT2D eigenvalue weighted by Crippen LogP contribution is 2.10. The molecule has 2 heterocycles. The third kappa shape index (κ3) is 1.35. The number of nitrogens with two attached hydrogens (primary N) is 1. The molecule has 2 rings (SSSR count). The Hall–Kier alpha value is -1.91. The second kappa shape index (κ2) is 2.85. The molecule has 0 aliphatic heterocycles. The van der Waals surface area contributed by atoms with Crippen LogP contribution in [-0.4, -0.2) is 14.8 Å². The molecular weight excluding hydrogens is 171 g/mol. The fourth-order valence-corrected chi connectivity index (χ4v) is 0.985. The average molecular weight is 178 g/mol. The van der Waals surface area contributed by atoms with Crippen LogP contribution in [0.4, 0.5) is 10.2 Å². The molecule has 4 nitrogen and oxygen atoms in total. The molecule has 0 aliphatic carbocycles. The summed E-state index contributed by atoms with van der Waals surface area (Å²) in [6.07, 6.45) is 4.77. The van der Waals surface area contributed by atoms with Gasteiger partial charge >= 0.3 is 0 Å². The average Bonchev–Trinajstić information content (AvgIpc) is 2.62. The molecule has 0 radical (unpaired) electrons. The lowest BCUT2D eigenvalue weighted by Crippen LogP contribution is -2.00. The predicted molar refractivity (Wildman–Crippen MR) is 45.7 cm³/mol. The second-order valence-corrected chi connectivity index (χ2v) is 2.51. The standard InChI is InChI=1S/C8H7FN4/c9-7-4-6(5-11-8(7)10)13-3-1-2-12-13/h1-5H,(H2,10,11).